The summed E-state index contributed by atoms with van der Waals surface area (Å²) in [6, 6.07) is 2.16. The number of esters is 4. The number of hydrogen-bond donors (Lipinski definition) is 2. The van der Waals surface area contributed by atoms with Crippen LogP contribution < -0.4 is 16.0 Å². The second-order valence-corrected chi connectivity index (χ2v) is 17.5. The summed E-state index contributed by atoms with van der Waals surface area (Å²) in [7, 11) is 5.51. The quantitative estimate of drug-likeness (QED) is 0.0827. The Kier molecular flexibility index (Phi) is 20.2. The van der Waals surface area contributed by atoms with Crippen LogP contribution in [0.5, 0.6) is 0 Å². The van der Waals surface area contributed by atoms with E-state index in [0.717, 1.165) is 56.6 Å². The molecule has 1 aromatic heterocycles. The Hall–Kier alpha value is -4.70. The van der Waals surface area contributed by atoms with Gasteiger partial charge in [-0.3, -0.25) is 34.0 Å². The van der Waals surface area contributed by atoms with Crippen LogP contribution in [0.25, 0.3) is 11.6 Å². The van der Waals surface area contributed by atoms with Crippen molar-refractivity contribution in [3.05, 3.63) is 45.4 Å². The molecule has 2 aliphatic rings. The van der Waals surface area contributed by atoms with Gasteiger partial charge in [0.15, 0.2) is 18.3 Å². The zero-order chi connectivity index (χ0) is 46.4. The van der Waals surface area contributed by atoms with E-state index in [9.17, 15) is 24.0 Å². The smallest absolute Gasteiger partial charge is 0.303 e. The summed E-state index contributed by atoms with van der Waals surface area (Å²) >= 11 is 1.29. The summed E-state index contributed by atoms with van der Waals surface area (Å²) in [6.45, 7) is 19.8. The first kappa shape index (κ1) is 51.6. The first-order valence-corrected chi connectivity index (χ1v) is 22.4. The fourth-order valence-electron chi connectivity index (χ4n) is 7.56. The Morgan fingerprint density at radius 2 is 1.61 bits per heavy atom. The van der Waals surface area contributed by atoms with Crippen LogP contribution in [0.15, 0.2) is 39.1 Å². The molecule has 0 aliphatic carbocycles. The fourth-order valence-corrected chi connectivity index (χ4v) is 8.71. The van der Waals surface area contributed by atoms with Gasteiger partial charge in [0.25, 0.3) is 0 Å². The van der Waals surface area contributed by atoms with Crippen LogP contribution in [-0.2, 0) is 47.7 Å². The molecule has 1 amide bonds. The van der Waals surface area contributed by atoms with E-state index in [2.05, 4.69) is 82.0 Å². The van der Waals surface area contributed by atoms with Crippen LogP contribution >= 0.6 is 11.8 Å². The Morgan fingerprint density at radius 3 is 2.18 bits per heavy atom. The van der Waals surface area contributed by atoms with Gasteiger partial charge in [-0.05, 0) is 88.0 Å². The highest BCUT2D eigenvalue weighted by Gasteiger charge is 2.52. The van der Waals surface area contributed by atoms with E-state index in [4.69, 9.17) is 28.7 Å². The lowest BCUT2D eigenvalue weighted by Gasteiger charge is -2.44. The molecule has 3 rings (SSSR count). The number of nitrogens with one attached hydrogen (secondary N) is 2. The minimum absolute atomic E-state index is 0.00380. The molecular formula is C46H69N5O10S. The van der Waals surface area contributed by atoms with Crippen LogP contribution in [0, 0.1) is 24.7 Å². The maximum Gasteiger partial charge on any atom is 0.303 e. The average molecular weight is 884 g/mol. The average Bonchev–Trinajstić information content (AvgIpc) is 3.73. The number of aromatic nitrogens is 1. The van der Waals surface area contributed by atoms with Gasteiger partial charge >= 0.3 is 23.9 Å². The topological polar surface area (TPSA) is 187 Å². The number of thioether (sulfide) groups is 1. The van der Waals surface area contributed by atoms with E-state index in [1.807, 2.05) is 14.1 Å². The minimum atomic E-state index is -1.23. The van der Waals surface area contributed by atoms with Crippen molar-refractivity contribution in [2.45, 2.75) is 132 Å². The van der Waals surface area contributed by atoms with Gasteiger partial charge in [-0.2, -0.15) is 0 Å². The molecule has 15 nitrogen and oxygen atoms in total. The number of H-pyrrole nitrogens is 1. The van der Waals surface area contributed by atoms with E-state index in [1.54, 1.807) is 11.9 Å². The number of aromatic amines is 1. The number of amides is 1. The third-order valence-electron chi connectivity index (χ3n) is 11.2. The van der Waals surface area contributed by atoms with Gasteiger partial charge in [-0.25, -0.2) is 0 Å². The Labute approximate surface area is 371 Å². The molecule has 1 aromatic rings. The maximum atomic E-state index is 13.7. The first-order valence-electron chi connectivity index (χ1n) is 21.4. The van der Waals surface area contributed by atoms with Crippen LogP contribution in [0.3, 0.4) is 0 Å². The van der Waals surface area contributed by atoms with E-state index < -0.39 is 53.7 Å². The van der Waals surface area contributed by atoms with Crippen molar-refractivity contribution in [1.29, 1.82) is 0 Å². The summed E-state index contributed by atoms with van der Waals surface area (Å²) < 4.78 is 28.0. The molecule has 1 unspecified atom stereocenters. The van der Waals surface area contributed by atoms with Crippen molar-refractivity contribution in [3.63, 3.8) is 0 Å². The second-order valence-electron chi connectivity index (χ2n) is 16.3. The van der Waals surface area contributed by atoms with Crippen molar-refractivity contribution >= 4 is 64.6 Å². The summed E-state index contributed by atoms with van der Waals surface area (Å²) in [4.78, 5) is 77.1. The molecule has 2 aliphatic heterocycles. The summed E-state index contributed by atoms with van der Waals surface area (Å²) in [5.41, 5.74) is 6.39. The van der Waals surface area contributed by atoms with Crippen molar-refractivity contribution < 1.29 is 47.7 Å². The molecule has 16 heteroatoms. The SMILES string of the molecule is CCC(C)C(/C=c1\[nH]/c(=C(/C)C2=N/C(=C\C(NC)=C(C)C)[C@@H](C)[C@@H]2CCC(=O)N(C)CCCS[C@H]2O[C@H](COC(C)=O)[C@@H](OC(C)=O)[C@H](OC(C)=O)[C@@H]2OC(C)=O)cc1C)=NC. The number of aryl methyl sites for hydroxylation is 1. The number of nitrogens with zero attached hydrogens (tertiary/aromatic N) is 3. The standard InChI is InChI=1S/C46H69N5O10S/c1-15-26(4)36(48-13)23-37-27(5)21-38(49-37)29(7)42-34(28(6)39(50-42)22-35(47-12)25(2)3)17-18-41(56)51(14)19-16-20-62-46-45(60-33(11)55)44(59-32(10)54)43(58-31(9)53)40(61-46)24-57-30(8)52/h21-23,26,28,34,40,43-47,49H,15-20,24H2,1-14H3/b37-23-,38-29-,39-22-,48-36?/t26?,28-,34-,40+,43+,44-,45-,46+/m0/s1. The van der Waals surface area contributed by atoms with Crippen LogP contribution in [0.1, 0.15) is 100 Å². The third-order valence-corrected chi connectivity index (χ3v) is 12.5. The van der Waals surface area contributed by atoms with Gasteiger partial charge in [0.05, 0.1) is 0 Å². The van der Waals surface area contributed by atoms with Gasteiger partial charge < -0.3 is 38.9 Å². The van der Waals surface area contributed by atoms with Gasteiger partial charge in [0.1, 0.15) is 18.1 Å². The summed E-state index contributed by atoms with van der Waals surface area (Å²) in [6.07, 6.45) is 2.09. The minimum Gasteiger partial charge on any atom is -0.463 e. The Bertz CT molecular complexity index is 2030. The predicted molar refractivity (Wildman–Crippen MR) is 243 cm³/mol. The summed E-state index contributed by atoms with van der Waals surface area (Å²) in [5, 5.41) is 5.30. The van der Waals surface area contributed by atoms with Crippen LogP contribution in [-0.4, -0.2) is 121 Å². The van der Waals surface area contributed by atoms with Gasteiger partial charge in [-0.15, -0.1) is 11.8 Å². The number of carbonyl (C=O) groups is 5. The highest BCUT2D eigenvalue weighted by Crippen LogP contribution is 2.38. The largest absolute Gasteiger partial charge is 0.463 e. The molecule has 2 N–H and O–H groups in total. The van der Waals surface area contributed by atoms with Crippen molar-refractivity contribution in [2.24, 2.45) is 27.7 Å². The number of aliphatic imine (C=N–C) groups is 2. The van der Waals surface area contributed by atoms with Gasteiger partial charge in [0.2, 0.25) is 5.91 Å². The predicted octanol–water partition coefficient (Wildman–Crippen LogP) is 4.94. The van der Waals surface area contributed by atoms with E-state index >= 15 is 0 Å². The second kappa shape index (κ2) is 24.2. The van der Waals surface area contributed by atoms with Gasteiger partial charge in [0, 0.05) is 107 Å². The monoisotopic (exact) mass is 883 g/mol. The Morgan fingerprint density at radius 1 is 0.984 bits per heavy atom. The highest BCUT2D eigenvalue weighted by atomic mass is 32.2. The number of rotatable bonds is 19. The molecule has 8 atom stereocenters. The highest BCUT2D eigenvalue weighted by molar-refractivity contribution is 7.99. The van der Waals surface area contributed by atoms with Gasteiger partial charge in [-0.1, -0.05) is 26.3 Å². The number of ether oxygens (including phenoxy) is 5. The molecule has 0 spiro atoms. The molecule has 1 fully saturated rings. The zero-order valence-corrected chi connectivity index (χ0v) is 39.9. The molecule has 0 bridgehead atoms. The van der Waals surface area contributed by atoms with E-state index in [-0.39, 0.29) is 24.3 Å². The first-order chi connectivity index (χ1) is 29.2. The van der Waals surface area contributed by atoms with Crippen molar-refractivity contribution in [3.8, 4) is 0 Å². The third kappa shape index (κ3) is 14.4. The summed E-state index contributed by atoms with van der Waals surface area (Å²) in [5.74, 6) is -1.78. The lowest BCUT2D eigenvalue weighted by Crippen LogP contribution is -2.61. The molecule has 0 aromatic carbocycles. The molecule has 0 radical (unpaired) electrons. The zero-order valence-electron chi connectivity index (χ0n) is 39.1. The van der Waals surface area contributed by atoms with Crippen LogP contribution in [0.4, 0.5) is 0 Å². The Balaban J connectivity index is 1.81. The number of hydrogen-bond acceptors (Lipinski definition) is 14. The van der Waals surface area contributed by atoms with E-state index in [1.165, 1.54) is 39.5 Å². The number of carbonyl (C=O) groups excluding carboxylic acids is 5. The molecule has 344 valence electrons. The molecular weight excluding hydrogens is 815 g/mol. The lowest BCUT2D eigenvalue weighted by molar-refractivity contribution is -0.237. The number of allylic oxidation sites excluding steroid dienone is 3. The van der Waals surface area contributed by atoms with E-state index in [0.29, 0.717) is 37.5 Å². The number of likely N-dealkylation sites (N-methyl/N-ethyl adjacent to an activating group) is 1. The molecule has 0 saturated carbocycles. The normalized spacial score (nSPS) is 24.5. The lowest BCUT2D eigenvalue weighted by atomic mass is 9.84. The maximum absolute atomic E-state index is 13.7. The van der Waals surface area contributed by atoms with Crippen molar-refractivity contribution in [2.75, 3.05) is 40.0 Å². The molecule has 3 heterocycles. The van der Waals surface area contributed by atoms with Crippen molar-refractivity contribution in [1.82, 2.24) is 15.2 Å². The molecule has 62 heavy (non-hydrogen) atoms. The fraction of sp³-hybridized carbons (Fsp3) is 0.630. The van der Waals surface area contributed by atoms with Crippen LogP contribution in [0.2, 0.25) is 0 Å². The molecule has 1 saturated heterocycles.